The van der Waals surface area contributed by atoms with Crippen LogP contribution in [0.5, 0.6) is 5.75 Å². The normalized spacial score (nSPS) is 10.2. The summed E-state index contributed by atoms with van der Waals surface area (Å²) >= 11 is 0. The lowest BCUT2D eigenvalue weighted by Gasteiger charge is -2.04. The van der Waals surface area contributed by atoms with Crippen molar-refractivity contribution in [1.29, 1.82) is 0 Å². The van der Waals surface area contributed by atoms with Crippen molar-refractivity contribution in [2.24, 2.45) is 0 Å². The quantitative estimate of drug-likeness (QED) is 0.600. The molecule has 0 radical (unpaired) electrons. The molecule has 0 atom stereocenters. The Morgan fingerprint density at radius 2 is 1.56 bits per heavy atom. The molecule has 0 bridgehead atoms. The van der Waals surface area contributed by atoms with Gasteiger partial charge in [0.2, 0.25) is 0 Å². The van der Waals surface area contributed by atoms with Crippen molar-refractivity contribution < 1.29 is 18.3 Å². The Bertz CT molecular complexity index is 577. The second-order valence-corrected chi connectivity index (χ2v) is 3.75. The minimum absolute atomic E-state index is 0.407. The van der Waals surface area contributed by atoms with Gasteiger partial charge in [-0.05, 0) is 35.4 Å². The van der Waals surface area contributed by atoms with Gasteiger partial charge in [0.1, 0.15) is 5.75 Å². The lowest BCUT2D eigenvalue weighted by atomic mass is 10.1. The van der Waals surface area contributed by atoms with E-state index in [-0.39, 0.29) is 0 Å². The minimum Gasteiger partial charge on any atom is -0.427 e. The predicted octanol–water partition coefficient (Wildman–Crippen LogP) is 3.56. The van der Waals surface area contributed by atoms with Gasteiger partial charge in [0, 0.05) is 6.92 Å². The molecule has 0 fully saturated rings. The van der Waals surface area contributed by atoms with Gasteiger partial charge < -0.3 is 4.74 Å². The first-order chi connectivity index (χ1) is 8.56. The molecule has 4 heteroatoms. The summed E-state index contributed by atoms with van der Waals surface area (Å²) in [6.07, 6.45) is 0. The van der Waals surface area contributed by atoms with E-state index in [1.165, 1.54) is 13.0 Å². The maximum atomic E-state index is 13.1. The Balaban J connectivity index is 2.28. The fourth-order valence-corrected chi connectivity index (χ4v) is 1.56. The first-order valence-electron chi connectivity index (χ1n) is 5.30. The van der Waals surface area contributed by atoms with E-state index in [2.05, 4.69) is 0 Å². The third-order valence-electron chi connectivity index (χ3n) is 2.37. The van der Waals surface area contributed by atoms with Gasteiger partial charge in [-0.15, -0.1) is 0 Å². The van der Waals surface area contributed by atoms with Crippen molar-refractivity contribution in [2.45, 2.75) is 6.92 Å². The van der Waals surface area contributed by atoms with Crippen LogP contribution in [0.25, 0.3) is 11.1 Å². The smallest absolute Gasteiger partial charge is 0.308 e. The van der Waals surface area contributed by atoms with Crippen LogP contribution in [-0.4, -0.2) is 5.97 Å². The molecule has 2 aromatic rings. The minimum atomic E-state index is -0.892. The number of hydrogen-bond acceptors (Lipinski definition) is 2. The first-order valence-corrected chi connectivity index (χ1v) is 5.30. The average Bonchev–Trinajstić information content (AvgIpc) is 2.33. The zero-order valence-corrected chi connectivity index (χ0v) is 9.61. The fourth-order valence-electron chi connectivity index (χ4n) is 1.56. The molecule has 0 aliphatic carbocycles. The monoisotopic (exact) mass is 248 g/mol. The molecule has 0 aromatic heterocycles. The summed E-state index contributed by atoms with van der Waals surface area (Å²) < 4.78 is 30.7. The predicted molar refractivity (Wildman–Crippen MR) is 63.1 cm³/mol. The van der Waals surface area contributed by atoms with E-state index >= 15 is 0 Å². The van der Waals surface area contributed by atoms with Gasteiger partial charge in [-0.2, -0.15) is 0 Å². The van der Waals surface area contributed by atoms with E-state index in [0.29, 0.717) is 16.9 Å². The van der Waals surface area contributed by atoms with Crippen LogP contribution < -0.4 is 4.74 Å². The summed E-state index contributed by atoms with van der Waals surface area (Å²) in [5.41, 5.74) is 1.27. The van der Waals surface area contributed by atoms with Gasteiger partial charge in [-0.3, -0.25) is 4.79 Å². The summed E-state index contributed by atoms with van der Waals surface area (Å²) in [6, 6.07) is 10.2. The number of halogens is 2. The highest BCUT2D eigenvalue weighted by atomic mass is 19.2. The molecule has 0 aliphatic rings. The van der Waals surface area contributed by atoms with Gasteiger partial charge in [-0.25, -0.2) is 8.78 Å². The Labute approximate surface area is 103 Å². The number of rotatable bonds is 2. The Morgan fingerprint density at radius 1 is 0.944 bits per heavy atom. The molecule has 2 nitrogen and oxygen atoms in total. The second kappa shape index (κ2) is 4.96. The van der Waals surface area contributed by atoms with Crippen LogP contribution in [0, 0.1) is 11.6 Å². The summed E-state index contributed by atoms with van der Waals surface area (Å²) in [6.45, 7) is 1.31. The molecule has 0 heterocycles. The van der Waals surface area contributed by atoms with Crippen molar-refractivity contribution in [1.82, 2.24) is 0 Å². The largest absolute Gasteiger partial charge is 0.427 e. The Hall–Kier alpha value is -2.23. The molecule has 0 aliphatic heterocycles. The number of esters is 1. The average molecular weight is 248 g/mol. The van der Waals surface area contributed by atoms with Gasteiger partial charge in [-0.1, -0.05) is 18.2 Å². The number of hydrogen-bond donors (Lipinski definition) is 0. The lowest BCUT2D eigenvalue weighted by molar-refractivity contribution is -0.131. The molecule has 0 N–H and O–H groups in total. The van der Waals surface area contributed by atoms with Crippen LogP contribution in [0.15, 0.2) is 42.5 Å². The second-order valence-electron chi connectivity index (χ2n) is 3.75. The molecular weight excluding hydrogens is 238 g/mol. The number of benzene rings is 2. The number of carbonyl (C=O) groups is 1. The SMILES string of the molecule is CC(=O)Oc1ccc(-c2ccc(F)c(F)c2)cc1. The zero-order valence-electron chi connectivity index (χ0n) is 9.61. The molecule has 0 spiro atoms. The molecule has 0 amide bonds. The number of ether oxygens (including phenoxy) is 1. The summed E-state index contributed by atoms with van der Waals surface area (Å²) in [4.78, 5) is 10.7. The first kappa shape index (κ1) is 12.2. The summed E-state index contributed by atoms with van der Waals surface area (Å²) in [5, 5.41) is 0. The molecule has 18 heavy (non-hydrogen) atoms. The summed E-state index contributed by atoms with van der Waals surface area (Å²) in [5.74, 6) is -1.77. The maximum absolute atomic E-state index is 13.1. The van der Waals surface area contributed by atoms with Gasteiger partial charge >= 0.3 is 5.97 Å². The van der Waals surface area contributed by atoms with Crippen LogP contribution in [0.3, 0.4) is 0 Å². The highest BCUT2D eigenvalue weighted by Crippen LogP contribution is 2.24. The molecular formula is C14H10F2O2. The topological polar surface area (TPSA) is 26.3 Å². The Kier molecular flexibility index (Phi) is 3.37. The van der Waals surface area contributed by atoms with Crippen LogP contribution in [0.2, 0.25) is 0 Å². The molecule has 0 saturated carbocycles. The van der Waals surface area contributed by atoms with E-state index < -0.39 is 17.6 Å². The van der Waals surface area contributed by atoms with Crippen molar-refractivity contribution in [3.8, 4) is 16.9 Å². The zero-order chi connectivity index (χ0) is 13.1. The van der Waals surface area contributed by atoms with Crippen LogP contribution in [-0.2, 0) is 4.79 Å². The van der Waals surface area contributed by atoms with Crippen LogP contribution in [0.1, 0.15) is 6.92 Å². The Morgan fingerprint density at radius 3 is 2.11 bits per heavy atom. The van der Waals surface area contributed by atoms with Gasteiger partial charge in [0.05, 0.1) is 0 Å². The van der Waals surface area contributed by atoms with E-state index in [4.69, 9.17) is 4.74 Å². The van der Waals surface area contributed by atoms with Gasteiger partial charge in [0.25, 0.3) is 0 Å². The van der Waals surface area contributed by atoms with Crippen LogP contribution >= 0.6 is 0 Å². The highest BCUT2D eigenvalue weighted by Gasteiger charge is 2.05. The van der Waals surface area contributed by atoms with Gasteiger partial charge in [0.15, 0.2) is 11.6 Å². The van der Waals surface area contributed by atoms with E-state index in [9.17, 15) is 13.6 Å². The van der Waals surface area contributed by atoms with E-state index in [0.717, 1.165) is 12.1 Å². The van der Waals surface area contributed by atoms with Crippen molar-refractivity contribution >= 4 is 5.97 Å². The molecule has 0 unspecified atom stereocenters. The van der Waals surface area contributed by atoms with Crippen molar-refractivity contribution in [3.05, 3.63) is 54.1 Å². The fraction of sp³-hybridized carbons (Fsp3) is 0.0714. The summed E-state index contributed by atoms with van der Waals surface area (Å²) in [7, 11) is 0. The van der Waals surface area contributed by atoms with Crippen molar-refractivity contribution in [2.75, 3.05) is 0 Å². The highest BCUT2D eigenvalue weighted by molar-refractivity contribution is 5.70. The van der Waals surface area contributed by atoms with Crippen molar-refractivity contribution in [3.63, 3.8) is 0 Å². The third kappa shape index (κ3) is 2.71. The van der Waals surface area contributed by atoms with E-state index in [1.54, 1.807) is 24.3 Å². The molecule has 0 saturated heterocycles. The van der Waals surface area contributed by atoms with Crippen LogP contribution in [0.4, 0.5) is 8.78 Å². The standard InChI is InChI=1S/C14H10F2O2/c1-9(17)18-12-5-2-10(3-6-12)11-4-7-13(15)14(16)8-11/h2-8H,1H3. The van der Waals surface area contributed by atoms with E-state index in [1.807, 2.05) is 0 Å². The third-order valence-corrected chi connectivity index (χ3v) is 2.37. The lowest BCUT2D eigenvalue weighted by Crippen LogP contribution is -2.00. The number of carbonyl (C=O) groups excluding carboxylic acids is 1. The maximum Gasteiger partial charge on any atom is 0.308 e. The molecule has 92 valence electrons. The molecule has 2 rings (SSSR count). The molecule has 2 aromatic carbocycles.